The fourth-order valence-corrected chi connectivity index (χ4v) is 4.35. The largest absolute Gasteiger partial charge is 0.491 e. The predicted molar refractivity (Wildman–Crippen MR) is 88.1 cm³/mol. The van der Waals surface area contributed by atoms with E-state index in [1.165, 1.54) is 25.7 Å². The highest BCUT2D eigenvalue weighted by atomic mass is 35.5. The zero-order valence-corrected chi connectivity index (χ0v) is 13.8. The highest BCUT2D eigenvalue weighted by Crippen LogP contribution is 2.49. The molecule has 0 spiro atoms. The predicted octanol–water partition coefficient (Wildman–Crippen LogP) is 4.05. The van der Waals surface area contributed by atoms with Gasteiger partial charge in [0, 0.05) is 6.04 Å². The van der Waals surface area contributed by atoms with Gasteiger partial charge in [-0.3, -0.25) is 4.79 Å². The molecule has 1 aromatic rings. The van der Waals surface area contributed by atoms with Crippen molar-refractivity contribution in [2.45, 2.75) is 45.1 Å². The first kappa shape index (κ1) is 15.7. The van der Waals surface area contributed by atoms with Gasteiger partial charge in [0.25, 0.3) is 0 Å². The lowest BCUT2D eigenvalue weighted by atomic mass is 9.84. The number of benzene rings is 1. The van der Waals surface area contributed by atoms with Crippen LogP contribution in [-0.4, -0.2) is 18.6 Å². The number of amides is 1. The van der Waals surface area contributed by atoms with Crippen molar-refractivity contribution in [1.82, 2.24) is 5.32 Å². The summed E-state index contributed by atoms with van der Waals surface area (Å²) in [5.74, 6) is 3.13. The lowest BCUT2D eigenvalue weighted by molar-refractivity contribution is -0.122. The minimum atomic E-state index is 0.0716. The van der Waals surface area contributed by atoms with Crippen LogP contribution in [-0.2, 0) is 4.79 Å². The first-order chi connectivity index (χ1) is 10.6. The quantitative estimate of drug-likeness (QED) is 0.858. The SMILES string of the molecule is CC(NC(=O)CCOc1ccccc1Cl)C1CC2CCC1C2. The van der Waals surface area contributed by atoms with E-state index in [0.717, 1.165) is 11.8 Å². The van der Waals surface area contributed by atoms with Gasteiger partial charge < -0.3 is 10.1 Å². The van der Waals surface area contributed by atoms with Crippen molar-refractivity contribution in [1.29, 1.82) is 0 Å². The summed E-state index contributed by atoms with van der Waals surface area (Å²) in [5, 5.41) is 3.74. The molecule has 0 saturated heterocycles. The van der Waals surface area contributed by atoms with Crippen LogP contribution in [0.2, 0.25) is 5.02 Å². The van der Waals surface area contributed by atoms with Crippen molar-refractivity contribution in [3.05, 3.63) is 29.3 Å². The molecule has 0 aliphatic heterocycles. The van der Waals surface area contributed by atoms with Crippen molar-refractivity contribution >= 4 is 17.5 Å². The van der Waals surface area contributed by atoms with Crippen LogP contribution in [0.5, 0.6) is 5.75 Å². The number of nitrogens with one attached hydrogen (secondary N) is 1. The maximum absolute atomic E-state index is 12.1. The molecule has 2 aliphatic rings. The molecule has 2 aliphatic carbocycles. The molecule has 1 amide bonds. The van der Waals surface area contributed by atoms with E-state index in [0.29, 0.717) is 29.7 Å². The molecule has 22 heavy (non-hydrogen) atoms. The van der Waals surface area contributed by atoms with E-state index in [1.54, 1.807) is 6.07 Å². The normalized spacial score (nSPS) is 27.6. The van der Waals surface area contributed by atoms with Crippen LogP contribution in [0, 0.1) is 17.8 Å². The Morgan fingerprint density at radius 2 is 2.18 bits per heavy atom. The van der Waals surface area contributed by atoms with Crippen molar-refractivity contribution in [3.63, 3.8) is 0 Å². The van der Waals surface area contributed by atoms with Crippen molar-refractivity contribution in [3.8, 4) is 5.75 Å². The number of hydrogen-bond acceptors (Lipinski definition) is 2. The van der Waals surface area contributed by atoms with Crippen LogP contribution >= 0.6 is 11.6 Å². The van der Waals surface area contributed by atoms with Crippen molar-refractivity contribution in [2.24, 2.45) is 17.8 Å². The smallest absolute Gasteiger partial charge is 0.223 e. The minimum Gasteiger partial charge on any atom is -0.491 e. The molecule has 1 N–H and O–H groups in total. The topological polar surface area (TPSA) is 38.3 Å². The van der Waals surface area contributed by atoms with Crippen LogP contribution in [0.3, 0.4) is 0 Å². The summed E-state index contributed by atoms with van der Waals surface area (Å²) in [4.78, 5) is 12.1. The van der Waals surface area contributed by atoms with Gasteiger partial charge in [-0.15, -0.1) is 0 Å². The van der Waals surface area contributed by atoms with E-state index in [2.05, 4.69) is 12.2 Å². The zero-order chi connectivity index (χ0) is 15.5. The van der Waals surface area contributed by atoms with Crippen LogP contribution in [0.25, 0.3) is 0 Å². The van der Waals surface area contributed by atoms with E-state index in [9.17, 15) is 4.79 Å². The summed E-state index contributed by atoms with van der Waals surface area (Å²) in [5.41, 5.74) is 0. The maximum atomic E-state index is 12.1. The molecular formula is C18H24ClNO2. The number of ether oxygens (including phenoxy) is 1. The number of carbonyl (C=O) groups is 1. The first-order valence-electron chi connectivity index (χ1n) is 8.30. The Bertz CT molecular complexity index is 534. The fourth-order valence-electron chi connectivity index (χ4n) is 4.15. The van der Waals surface area contributed by atoms with Crippen molar-refractivity contribution in [2.75, 3.05) is 6.61 Å². The molecule has 4 unspecified atom stereocenters. The third kappa shape index (κ3) is 3.57. The highest BCUT2D eigenvalue weighted by Gasteiger charge is 2.42. The molecule has 1 aromatic carbocycles. The molecule has 0 radical (unpaired) electrons. The van der Waals surface area contributed by atoms with E-state index in [4.69, 9.17) is 16.3 Å². The molecule has 2 bridgehead atoms. The van der Waals surface area contributed by atoms with Gasteiger partial charge in [0.05, 0.1) is 18.1 Å². The molecule has 0 aromatic heterocycles. The lowest BCUT2D eigenvalue weighted by Crippen LogP contribution is -2.40. The van der Waals surface area contributed by atoms with Crippen LogP contribution in [0.15, 0.2) is 24.3 Å². The van der Waals surface area contributed by atoms with E-state index in [1.807, 2.05) is 18.2 Å². The Morgan fingerprint density at radius 3 is 2.86 bits per heavy atom. The summed E-state index contributed by atoms with van der Waals surface area (Å²) >= 11 is 6.02. The molecule has 4 atom stereocenters. The molecule has 4 heteroatoms. The van der Waals surface area contributed by atoms with Gasteiger partial charge in [-0.25, -0.2) is 0 Å². The zero-order valence-electron chi connectivity index (χ0n) is 13.1. The van der Waals surface area contributed by atoms with E-state index in [-0.39, 0.29) is 11.9 Å². The Labute approximate surface area is 137 Å². The average molecular weight is 322 g/mol. The Kier molecular flexibility index (Phi) is 4.92. The summed E-state index contributed by atoms with van der Waals surface area (Å²) in [6.45, 7) is 2.51. The van der Waals surface area contributed by atoms with E-state index >= 15 is 0 Å². The number of carbonyl (C=O) groups excluding carboxylic acids is 1. The molecule has 120 valence electrons. The average Bonchev–Trinajstić information content (AvgIpc) is 3.12. The molecular weight excluding hydrogens is 298 g/mol. The van der Waals surface area contributed by atoms with Gasteiger partial charge in [-0.05, 0) is 56.1 Å². The molecule has 2 saturated carbocycles. The standard InChI is InChI=1S/C18H24ClNO2/c1-12(15-11-13-6-7-14(15)10-13)20-18(21)8-9-22-17-5-3-2-4-16(17)19/h2-5,12-15H,6-11H2,1H3,(H,20,21). The molecule has 3 rings (SSSR count). The van der Waals surface area contributed by atoms with Gasteiger partial charge in [0.1, 0.15) is 5.75 Å². The van der Waals surface area contributed by atoms with Gasteiger partial charge >= 0.3 is 0 Å². The number of rotatable bonds is 6. The van der Waals surface area contributed by atoms with E-state index < -0.39 is 0 Å². The summed E-state index contributed by atoms with van der Waals surface area (Å²) in [6.07, 6.45) is 5.79. The van der Waals surface area contributed by atoms with Gasteiger partial charge in [-0.1, -0.05) is 30.2 Å². The second kappa shape index (κ2) is 6.91. The van der Waals surface area contributed by atoms with Gasteiger partial charge in [0.15, 0.2) is 0 Å². The second-order valence-corrected chi connectivity index (χ2v) is 7.13. The molecule has 3 nitrogen and oxygen atoms in total. The first-order valence-corrected chi connectivity index (χ1v) is 8.68. The number of fused-ring (bicyclic) bond motifs is 2. The minimum absolute atomic E-state index is 0.0716. The maximum Gasteiger partial charge on any atom is 0.223 e. The Balaban J connectivity index is 1.40. The molecule has 0 heterocycles. The van der Waals surface area contributed by atoms with Gasteiger partial charge in [-0.2, -0.15) is 0 Å². The Morgan fingerprint density at radius 1 is 1.36 bits per heavy atom. The van der Waals surface area contributed by atoms with Crippen LogP contribution in [0.1, 0.15) is 39.0 Å². The summed E-state index contributed by atoms with van der Waals surface area (Å²) < 4.78 is 5.57. The second-order valence-electron chi connectivity index (χ2n) is 6.72. The number of halogens is 1. The van der Waals surface area contributed by atoms with Crippen LogP contribution in [0.4, 0.5) is 0 Å². The van der Waals surface area contributed by atoms with Gasteiger partial charge in [0.2, 0.25) is 5.91 Å². The fraction of sp³-hybridized carbons (Fsp3) is 0.611. The summed E-state index contributed by atoms with van der Waals surface area (Å²) in [6, 6.07) is 7.62. The third-order valence-electron chi connectivity index (χ3n) is 5.25. The van der Waals surface area contributed by atoms with Crippen LogP contribution < -0.4 is 10.1 Å². The number of para-hydroxylation sites is 1. The number of hydrogen-bond donors (Lipinski definition) is 1. The highest BCUT2D eigenvalue weighted by molar-refractivity contribution is 6.32. The third-order valence-corrected chi connectivity index (χ3v) is 5.56. The molecule has 2 fully saturated rings. The Hall–Kier alpha value is -1.22. The monoisotopic (exact) mass is 321 g/mol. The summed E-state index contributed by atoms with van der Waals surface area (Å²) in [7, 11) is 0. The lowest BCUT2D eigenvalue weighted by Gasteiger charge is -2.28. The van der Waals surface area contributed by atoms with Crippen molar-refractivity contribution < 1.29 is 9.53 Å².